The second kappa shape index (κ2) is 5.30. The molecule has 1 aromatic heterocycles. The van der Waals surface area contributed by atoms with Crippen LogP contribution < -0.4 is 9.47 Å². The van der Waals surface area contributed by atoms with E-state index in [9.17, 15) is 0 Å². The number of aryl methyl sites for hydroxylation is 1. The Hall–Kier alpha value is -2.20. The number of benzene rings is 2. The summed E-state index contributed by atoms with van der Waals surface area (Å²) < 4.78 is 10.6. The number of ether oxygens (including phenoxy) is 2. The lowest BCUT2D eigenvalue weighted by molar-refractivity contribution is 0.355. The second-order valence-corrected chi connectivity index (χ2v) is 5.21. The topological polar surface area (TPSA) is 47.1 Å². The molecule has 0 atom stereocenters. The van der Waals surface area contributed by atoms with Gasteiger partial charge in [0, 0.05) is 5.56 Å². The molecule has 0 fully saturated rings. The van der Waals surface area contributed by atoms with Gasteiger partial charge in [-0.15, -0.1) is 0 Å². The summed E-state index contributed by atoms with van der Waals surface area (Å²) in [7, 11) is 3.22. The lowest BCUT2D eigenvalue weighted by Gasteiger charge is -2.08. The predicted octanol–water partition coefficient (Wildman–Crippen LogP) is 4.21. The first kappa shape index (κ1) is 13.8. The number of methoxy groups -OCH3 is 2. The summed E-state index contributed by atoms with van der Waals surface area (Å²) in [6.45, 7) is 2.00. The molecule has 2 aromatic carbocycles. The molecule has 0 amide bonds. The van der Waals surface area contributed by atoms with Crippen molar-refractivity contribution >= 4 is 22.6 Å². The zero-order valence-corrected chi connectivity index (χ0v) is 12.8. The monoisotopic (exact) mass is 302 g/mol. The summed E-state index contributed by atoms with van der Waals surface area (Å²) in [5.41, 5.74) is 3.70. The number of rotatable bonds is 3. The minimum atomic E-state index is 0.646. The van der Waals surface area contributed by atoms with E-state index in [4.69, 9.17) is 21.1 Å². The number of hydrogen-bond acceptors (Lipinski definition) is 3. The normalized spacial score (nSPS) is 10.9. The van der Waals surface area contributed by atoms with Crippen molar-refractivity contribution in [3.05, 3.63) is 40.9 Å². The zero-order chi connectivity index (χ0) is 15.0. The Morgan fingerprint density at radius 3 is 2.52 bits per heavy atom. The molecule has 0 bridgehead atoms. The summed E-state index contributed by atoms with van der Waals surface area (Å²) in [5.74, 6) is 2.10. The van der Waals surface area contributed by atoms with Crippen molar-refractivity contribution in [3.8, 4) is 22.9 Å². The molecule has 3 rings (SSSR count). The SMILES string of the molecule is COc1ccc(-c2nc3c(Cl)cc(C)cc3[nH]2)cc1OC. The van der Waals surface area contributed by atoms with Crippen LogP contribution in [0.3, 0.4) is 0 Å². The molecule has 1 heterocycles. The van der Waals surface area contributed by atoms with Crippen LogP contribution in [0.25, 0.3) is 22.4 Å². The fourth-order valence-corrected chi connectivity index (χ4v) is 2.65. The van der Waals surface area contributed by atoms with Gasteiger partial charge in [0.15, 0.2) is 11.5 Å². The van der Waals surface area contributed by atoms with Crippen molar-refractivity contribution in [2.75, 3.05) is 14.2 Å². The number of imidazole rings is 1. The van der Waals surface area contributed by atoms with E-state index in [1.807, 2.05) is 37.3 Å². The van der Waals surface area contributed by atoms with Gasteiger partial charge in [0.05, 0.1) is 24.8 Å². The van der Waals surface area contributed by atoms with Crippen LogP contribution in [0.1, 0.15) is 5.56 Å². The van der Waals surface area contributed by atoms with Crippen LogP contribution in [0.4, 0.5) is 0 Å². The van der Waals surface area contributed by atoms with E-state index in [0.29, 0.717) is 16.5 Å². The summed E-state index contributed by atoms with van der Waals surface area (Å²) in [5, 5.41) is 0.646. The maximum atomic E-state index is 6.24. The number of halogens is 1. The van der Waals surface area contributed by atoms with Gasteiger partial charge in [-0.2, -0.15) is 0 Å². The van der Waals surface area contributed by atoms with Gasteiger partial charge >= 0.3 is 0 Å². The molecular formula is C16H15ClN2O2. The molecule has 3 aromatic rings. The summed E-state index contributed by atoms with van der Waals surface area (Å²) >= 11 is 6.24. The number of aromatic amines is 1. The van der Waals surface area contributed by atoms with E-state index < -0.39 is 0 Å². The molecule has 1 N–H and O–H groups in total. The van der Waals surface area contributed by atoms with Crippen LogP contribution in [0.2, 0.25) is 5.02 Å². The van der Waals surface area contributed by atoms with Gasteiger partial charge in [-0.1, -0.05) is 11.6 Å². The number of nitrogens with one attached hydrogen (secondary N) is 1. The number of nitrogens with zero attached hydrogens (tertiary/aromatic N) is 1. The number of aromatic nitrogens is 2. The lowest BCUT2D eigenvalue weighted by atomic mass is 10.2. The molecule has 0 aliphatic heterocycles. The van der Waals surface area contributed by atoms with Gasteiger partial charge in [0.2, 0.25) is 0 Å². The van der Waals surface area contributed by atoms with Crippen LogP contribution in [0.15, 0.2) is 30.3 Å². The average Bonchev–Trinajstić information content (AvgIpc) is 2.90. The standard InChI is InChI=1S/C16H15ClN2O2/c1-9-6-11(17)15-12(7-9)18-16(19-15)10-4-5-13(20-2)14(8-10)21-3/h4-8H,1-3H3,(H,18,19). The minimum absolute atomic E-state index is 0.646. The highest BCUT2D eigenvalue weighted by molar-refractivity contribution is 6.35. The zero-order valence-electron chi connectivity index (χ0n) is 12.0. The summed E-state index contributed by atoms with van der Waals surface area (Å²) in [6, 6.07) is 9.60. The van der Waals surface area contributed by atoms with Crippen molar-refractivity contribution in [2.24, 2.45) is 0 Å². The van der Waals surface area contributed by atoms with Crippen LogP contribution >= 0.6 is 11.6 Å². The van der Waals surface area contributed by atoms with E-state index in [1.165, 1.54) is 0 Å². The van der Waals surface area contributed by atoms with Crippen molar-refractivity contribution in [1.82, 2.24) is 9.97 Å². The fourth-order valence-electron chi connectivity index (χ4n) is 2.33. The smallest absolute Gasteiger partial charge is 0.161 e. The molecule has 0 saturated carbocycles. The summed E-state index contributed by atoms with van der Waals surface area (Å²) in [6.07, 6.45) is 0. The van der Waals surface area contributed by atoms with Crippen LogP contribution in [0, 0.1) is 6.92 Å². The molecule has 0 saturated heterocycles. The Morgan fingerprint density at radius 2 is 1.81 bits per heavy atom. The van der Waals surface area contributed by atoms with Crippen molar-refractivity contribution in [3.63, 3.8) is 0 Å². The Kier molecular flexibility index (Phi) is 3.47. The van der Waals surface area contributed by atoms with Crippen LogP contribution in [-0.2, 0) is 0 Å². The van der Waals surface area contributed by atoms with Gasteiger partial charge < -0.3 is 14.5 Å². The largest absolute Gasteiger partial charge is 0.493 e. The molecule has 0 aliphatic carbocycles. The molecule has 0 radical (unpaired) electrons. The Balaban J connectivity index is 2.14. The van der Waals surface area contributed by atoms with E-state index in [0.717, 1.165) is 28.0 Å². The summed E-state index contributed by atoms with van der Waals surface area (Å²) in [4.78, 5) is 7.86. The Labute approximate surface area is 127 Å². The van der Waals surface area contributed by atoms with Crippen LogP contribution in [0.5, 0.6) is 11.5 Å². The third-order valence-electron chi connectivity index (χ3n) is 3.34. The highest BCUT2D eigenvalue weighted by Gasteiger charge is 2.11. The number of H-pyrrole nitrogens is 1. The molecule has 21 heavy (non-hydrogen) atoms. The average molecular weight is 303 g/mol. The fraction of sp³-hybridized carbons (Fsp3) is 0.188. The molecule has 4 nitrogen and oxygen atoms in total. The molecule has 0 unspecified atom stereocenters. The highest BCUT2D eigenvalue weighted by Crippen LogP contribution is 2.33. The number of hydrogen-bond donors (Lipinski definition) is 1. The molecular weight excluding hydrogens is 288 g/mol. The van der Waals surface area contributed by atoms with E-state index in [1.54, 1.807) is 14.2 Å². The highest BCUT2D eigenvalue weighted by atomic mass is 35.5. The third-order valence-corrected chi connectivity index (χ3v) is 3.63. The van der Waals surface area contributed by atoms with Gasteiger partial charge in [-0.05, 0) is 42.8 Å². The minimum Gasteiger partial charge on any atom is -0.493 e. The van der Waals surface area contributed by atoms with E-state index >= 15 is 0 Å². The van der Waals surface area contributed by atoms with E-state index in [2.05, 4.69) is 9.97 Å². The molecule has 0 spiro atoms. The predicted molar refractivity (Wildman–Crippen MR) is 84.4 cm³/mol. The van der Waals surface area contributed by atoms with Crippen LogP contribution in [-0.4, -0.2) is 24.2 Å². The first-order chi connectivity index (χ1) is 10.1. The van der Waals surface area contributed by atoms with Crippen molar-refractivity contribution < 1.29 is 9.47 Å². The van der Waals surface area contributed by atoms with Crippen molar-refractivity contribution in [2.45, 2.75) is 6.92 Å². The Bertz CT molecular complexity index is 811. The maximum absolute atomic E-state index is 6.24. The van der Waals surface area contributed by atoms with E-state index in [-0.39, 0.29) is 0 Å². The van der Waals surface area contributed by atoms with Gasteiger partial charge in [-0.25, -0.2) is 4.98 Å². The molecule has 108 valence electrons. The van der Waals surface area contributed by atoms with Gasteiger partial charge in [0.25, 0.3) is 0 Å². The maximum Gasteiger partial charge on any atom is 0.161 e. The quantitative estimate of drug-likeness (QED) is 0.788. The van der Waals surface area contributed by atoms with Crippen molar-refractivity contribution in [1.29, 1.82) is 0 Å². The third kappa shape index (κ3) is 2.43. The second-order valence-electron chi connectivity index (χ2n) is 4.80. The Morgan fingerprint density at radius 1 is 1.05 bits per heavy atom. The lowest BCUT2D eigenvalue weighted by Crippen LogP contribution is -1.91. The van der Waals surface area contributed by atoms with Gasteiger partial charge in [0.1, 0.15) is 11.3 Å². The molecule has 0 aliphatic rings. The first-order valence-corrected chi connectivity index (χ1v) is 6.88. The first-order valence-electron chi connectivity index (χ1n) is 6.50. The molecule has 5 heteroatoms. The number of fused-ring (bicyclic) bond motifs is 1. The van der Waals surface area contributed by atoms with Gasteiger partial charge in [-0.3, -0.25) is 0 Å².